The molecular formula is C69H79F2N5O18. The molecule has 1 amide bonds. The van der Waals surface area contributed by atoms with Gasteiger partial charge < -0.3 is 68.0 Å². The van der Waals surface area contributed by atoms with Crippen molar-refractivity contribution >= 4 is 69.6 Å². The average Bonchev–Trinajstić information content (AvgIpc) is 1.38. The number of benzene rings is 2. The molecule has 0 bridgehead atoms. The molecule has 23 nitrogen and oxygen atoms in total. The van der Waals surface area contributed by atoms with Crippen molar-refractivity contribution in [3.63, 3.8) is 0 Å². The van der Waals surface area contributed by atoms with Gasteiger partial charge in [-0.15, -0.1) is 0 Å². The number of pyridine rings is 1. The van der Waals surface area contributed by atoms with Crippen molar-refractivity contribution in [1.29, 1.82) is 0 Å². The quantitative estimate of drug-likeness (QED) is 0.0508. The van der Waals surface area contributed by atoms with Crippen LogP contribution in [0.3, 0.4) is 0 Å². The van der Waals surface area contributed by atoms with Gasteiger partial charge in [-0.2, -0.15) is 0 Å². The number of hydrogen-bond acceptors (Lipinski definition) is 21. The number of aromatic nitrogens is 1. The zero-order chi connectivity index (χ0) is 66.4. The maximum atomic E-state index is 16.8. The number of fused-ring (bicyclic) bond motifs is 8. The van der Waals surface area contributed by atoms with Gasteiger partial charge in [0.1, 0.15) is 33.9 Å². The summed E-state index contributed by atoms with van der Waals surface area (Å²) in [4.78, 5) is 126. The minimum absolute atomic E-state index is 0.0297. The normalized spacial score (nSPS) is 30.0. The predicted octanol–water partition coefficient (Wildman–Crippen LogP) is 6.84. The number of carbonyl (C=O) groups is 8. The van der Waals surface area contributed by atoms with Gasteiger partial charge in [0, 0.05) is 91.3 Å². The van der Waals surface area contributed by atoms with Crippen LogP contribution in [0.4, 0.5) is 25.0 Å². The van der Waals surface area contributed by atoms with Crippen LogP contribution in [-0.4, -0.2) is 164 Å². The third-order valence-corrected chi connectivity index (χ3v) is 22.3. The van der Waals surface area contributed by atoms with Crippen molar-refractivity contribution in [3.8, 4) is 11.5 Å². The molecular weight excluding hydrogens is 1220 g/mol. The highest BCUT2D eigenvalue weighted by Crippen LogP contribution is 2.67. The second kappa shape index (κ2) is 24.9. The van der Waals surface area contributed by atoms with E-state index in [4.69, 9.17) is 33.2 Å². The molecule has 2 aromatic carbocycles. The lowest BCUT2D eigenvalue weighted by atomic mass is 9.46. The molecule has 1 aromatic heterocycles. The number of rotatable bonds is 18. The Bertz CT molecular complexity index is 3860. The van der Waals surface area contributed by atoms with Crippen molar-refractivity contribution in [2.24, 2.45) is 40.4 Å². The molecule has 3 aromatic rings. The number of aliphatic hydroxyl groups is 2. The molecule has 8 fully saturated rings. The molecule has 3 aliphatic heterocycles. The smallest absolute Gasteiger partial charge is 0.412 e. The van der Waals surface area contributed by atoms with Gasteiger partial charge in [0.25, 0.3) is 0 Å². The van der Waals surface area contributed by atoms with E-state index in [1.165, 1.54) is 31.4 Å². The van der Waals surface area contributed by atoms with E-state index in [1.54, 1.807) is 21.6 Å². The zero-order valence-electron chi connectivity index (χ0n) is 53.3. The minimum atomic E-state index is -1.89. The molecule has 94 heavy (non-hydrogen) atoms. The number of amides is 1. The molecule has 10 aliphatic rings. The number of ketones is 3. The standard InChI is InChI=1S/C69H79F2N5O18/c1-35-28-73(22-20-72-35)59-49(71)26-44-57(63(59)89-5)76(39-11-12-39)30-46(61(44)83)65(85)93-34-94-66(86)75-21-6-7-37-29-74(31-50(37)75)58-48(70)25-43-55(62(58)88-4)42(36-8-9-36)24-45(60(43)82)64(84)92-33-91-54(81)15-14-53(80)90-32-52(79)69(87)19-17-47-41-13-10-38-23-40(77)16-18-67(38,2)56(41)51(78)27-68(47,69)3/h16,18,23-26,30,35-37,39,41-42,47,50-51,56,72,78,87H,6-15,17,19-22,27-29,31-34H2,1-5H3/t35?,37?,41?,42?,47?,50?,51-,56?,67-,68-,69-/m0/s1. The largest absolute Gasteiger partial charge is 0.494 e. The first kappa shape index (κ1) is 64.7. The minimum Gasteiger partial charge on any atom is -0.494 e. The summed E-state index contributed by atoms with van der Waals surface area (Å²) in [6.45, 7) is 5.64. The van der Waals surface area contributed by atoms with E-state index in [2.05, 4.69) is 5.32 Å². The van der Waals surface area contributed by atoms with Crippen molar-refractivity contribution in [2.75, 3.05) is 83.5 Å². The topological polar surface area (TPSA) is 285 Å². The number of piperidine rings is 1. The average molecular weight is 1300 g/mol. The van der Waals surface area contributed by atoms with Gasteiger partial charge in [0.2, 0.25) is 30.6 Å². The first-order valence-corrected chi connectivity index (χ1v) is 32.8. The highest BCUT2D eigenvalue weighted by molar-refractivity contribution is 6.26. The molecule has 502 valence electrons. The van der Waals surface area contributed by atoms with Crippen LogP contribution in [-0.2, 0) is 47.7 Å². The number of aliphatic hydroxyl groups excluding tert-OH is 1. The number of likely N-dealkylation sites (tertiary alicyclic amines) is 1. The van der Waals surface area contributed by atoms with E-state index < -0.39 is 132 Å². The SMILES string of the molecule is COc1c2c(cc(F)c1N1CC3CCCN(C(=O)OCOC(=O)c4cn(C5CC5)c5c(OC)c(N6CCNC(C)C6)c(F)cc5c4=O)C3C1)C(=O)C(C(=O)OCOC(=O)CCC(=O)OCC(=O)[C@@]1(O)CCC3C4CCC5=CC(=O)C=C[C@]5(C)C4[C@@H](O)C[C@@]31C)=CC2C1CC1. The Kier molecular flexibility index (Phi) is 17.2. The van der Waals surface area contributed by atoms with Crippen LogP contribution in [0.1, 0.15) is 142 Å². The molecule has 13 rings (SSSR count). The van der Waals surface area contributed by atoms with Crippen LogP contribution in [0.15, 0.2) is 58.6 Å². The Morgan fingerprint density at radius 2 is 1.50 bits per heavy atom. The van der Waals surface area contributed by atoms with Crippen molar-refractivity contribution in [2.45, 2.75) is 140 Å². The first-order chi connectivity index (χ1) is 45.0. The number of hydrogen-bond donors (Lipinski definition) is 3. The highest BCUT2D eigenvalue weighted by atomic mass is 19.1. The van der Waals surface area contributed by atoms with Gasteiger partial charge >= 0.3 is 30.0 Å². The second-order valence-corrected chi connectivity index (χ2v) is 27.7. The van der Waals surface area contributed by atoms with Crippen LogP contribution in [0.25, 0.3) is 10.9 Å². The summed E-state index contributed by atoms with van der Waals surface area (Å²) in [6.07, 6.45) is 11.5. The van der Waals surface area contributed by atoms with E-state index in [0.29, 0.717) is 69.4 Å². The van der Waals surface area contributed by atoms with Gasteiger partial charge in [-0.05, 0) is 126 Å². The highest BCUT2D eigenvalue weighted by Gasteiger charge is 2.68. The first-order valence-electron chi connectivity index (χ1n) is 32.8. The molecule has 5 saturated carbocycles. The number of ether oxygens (including phenoxy) is 7. The molecule has 25 heteroatoms. The fourth-order valence-electron chi connectivity index (χ4n) is 17.5. The van der Waals surface area contributed by atoms with E-state index in [1.807, 2.05) is 31.7 Å². The number of piperazine rings is 1. The van der Waals surface area contributed by atoms with Gasteiger partial charge in [-0.3, -0.25) is 28.8 Å². The molecule has 7 unspecified atom stereocenters. The van der Waals surface area contributed by atoms with Crippen molar-refractivity contribution < 1.29 is 90.5 Å². The lowest BCUT2D eigenvalue weighted by Gasteiger charge is -2.59. The fourth-order valence-corrected chi connectivity index (χ4v) is 17.5. The van der Waals surface area contributed by atoms with Crippen LogP contribution >= 0.6 is 0 Å². The number of methoxy groups -OCH3 is 2. The number of halogens is 2. The Morgan fingerprint density at radius 3 is 2.22 bits per heavy atom. The number of Topliss-reactive ketones (excluding diaryl/α,β-unsaturated/α-hetero) is 2. The van der Waals surface area contributed by atoms with E-state index >= 15 is 8.78 Å². The molecule has 0 radical (unpaired) electrons. The van der Waals surface area contributed by atoms with Crippen molar-refractivity contribution in [3.05, 3.63) is 92.3 Å². The summed E-state index contributed by atoms with van der Waals surface area (Å²) >= 11 is 0. The summed E-state index contributed by atoms with van der Waals surface area (Å²) in [5, 5.41) is 27.1. The number of anilines is 2. The lowest BCUT2D eigenvalue weighted by Crippen LogP contribution is -2.61. The summed E-state index contributed by atoms with van der Waals surface area (Å²) < 4.78 is 73.0. The number of nitrogens with one attached hydrogen (secondary N) is 1. The van der Waals surface area contributed by atoms with Crippen LogP contribution in [0.5, 0.6) is 11.5 Å². The lowest BCUT2D eigenvalue weighted by molar-refractivity contribution is -0.181. The summed E-state index contributed by atoms with van der Waals surface area (Å²) in [7, 11) is 2.78. The Morgan fingerprint density at radius 1 is 0.787 bits per heavy atom. The Balaban J connectivity index is 0.603. The molecule has 0 spiro atoms. The third-order valence-electron chi connectivity index (χ3n) is 22.3. The van der Waals surface area contributed by atoms with E-state index in [0.717, 1.165) is 43.4 Å². The fraction of sp³-hybridized carbons (Fsp3) is 0.580. The number of nitrogens with zero attached hydrogens (tertiary/aromatic N) is 4. The zero-order valence-corrected chi connectivity index (χ0v) is 53.3. The number of allylic oxidation sites excluding steroid dienone is 5. The van der Waals surface area contributed by atoms with Crippen molar-refractivity contribution in [1.82, 2.24) is 14.8 Å². The van der Waals surface area contributed by atoms with Crippen LogP contribution < -0.4 is 30.0 Å². The third kappa shape index (κ3) is 11.2. The summed E-state index contributed by atoms with van der Waals surface area (Å²) in [5.41, 5.74) is -3.06. The molecule has 11 atom stereocenters. The molecule has 4 heterocycles. The van der Waals surface area contributed by atoms with Crippen LogP contribution in [0.2, 0.25) is 0 Å². The van der Waals surface area contributed by atoms with E-state index in [-0.39, 0.29) is 113 Å². The second-order valence-electron chi connectivity index (χ2n) is 27.7. The summed E-state index contributed by atoms with van der Waals surface area (Å²) in [5.74, 6) is -8.11. The van der Waals surface area contributed by atoms with Gasteiger partial charge in [-0.25, -0.2) is 23.2 Å². The maximum Gasteiger partial charge on any atom is 0.412 e. The Labute approximate surface area is 540 Å². The van der Waals surface area contributed by atoms with Gasteiger partial charge in [0.05, 0.1) is 50.1 Å². The monoisotopic (exact) mass is 1300 g/mol. The maximum absolute atomic E-state index is 16.8. The van der Waals surface area contributed by atoms with Gasteiger partial charge in [-0.1, -0.05) is 31.6 Å². The predicted molar refractivity (Wildman–Crippen MR) is 331 cm³/mol. The van der Waals surface area contributed by atoms with E-state index in [9.17, 15) is 53.4 Å². The number of carbonyl (C=O) groups excluding carboxylic acids is 8. The molecule has 7 aliphatic carbocycles. The molecule has 3 N–H and O–H groups in total. The van der Waals surface area contributed by atoms with Gasteiger partial charge in [0.15, 0.2) is 29.8 Å². The number of esters is 4. The molecule has 3 saturated heterocycles. The summed E-state index contributed by atoms with van der Waals surface area (Å²) in [6, 6.07) is 1.71. The van der Waals surface area contributed by atoms with Crippen LogP contribution in [0, 0.1) is 52.1 Å². The Hall–Kier alpha value is -8.03.